The van der Waals surface area contributed by atoms with Gasteiger partial charge < -0.3 is 10.2 Å². The highest BCUT2D eigenvalue weighted by atomic mass is 15.2. The number of anilines is 1. The van der Waals surface area contributed by atoms with E-state index >= 15 is 0 Å². The largest absolute Gasteiger partial charge is 0.353 e. The zero-order valence-electron chi connectivity index (χ0n) is 12.4. The summed E-state index contributed by atoms with van der Waals surface area (Å²) in [4.78, 5) is 7.27. The molecule has 2 aromatic rings. The highest BCUT2D eigenvalue weighted by molar-refractivity contribution is 5.94. The number of fused-ring (bicyclic) bond motifs is 1. The van der Waals surface area contributed by atoms with Crippen LogP contribution >= 0.6 is 0 Å². The van der Waals surface area contributed by atoms with Gasteiger partial charge in [0, 0.05) is 30.7 Å². The summed E-state index contributed by atoms with van der Waals surface area (Å²) in [6.45, 7) is 4.31. The molecule has 0 saturated carbocycles. The number of nitrogens with one attached hydrogen (secondary N) is 1. The Balaban J connectivity index is 2.09. The Morgan fingerprint density at radius 3 is 2.80 bits per heavy atom. The zero-order chi connectivity index (χ0) is 13.9. The summed E-state index contributed by atoms with van der Waals surface area (Å²) in [5, 5.41) is 5.84. The molecule has 1 saturated heterocycles. The van der Waals surface area contributed by atoms with E-state index < -0.39 is 0 Å². The summed E-state index contributed by atoms with van der Waals surface area (Å²) >= 11 is 0. The quantitative estimate of drug-likeness (QED) is 0.926. The number of aromatic nitrogens is 1. The summed E-state index contributed by atoms with van der Waals surface area (Å²) in [5.41, 5.74) is 1.27. The number of piperidine rings is 1. The maximum atomic E-state index is 4.79. The lowest BCUT2D eigenvalue weighted by atomic mass is 10.0. The molecular formula is C17H23N3. The second-order valence-corrected chi connectivity index (χ2v) is 5.72. The normalized spacial score (nSPS) is 19.5. The monoisotopic (exact) mass is 269 g/mol. The number of hydrogen-bond donors (Lipinski definition) is 1. The van der Waals surface area contributed by atoms with Gasteiger partial charge in [0.2, 0.25) is 0 Å². The van der Waals surface area contributed by atoms with Crippen molar-refractivity contribution in [3.05, 3.63) is 36.0 Å². The minimum atomic E-state index is 0.592. The van der Waals surface area contributed by atoms with Crippen LogP contribution in [0.2, 0.25) is 0 Å². The van der Waals surface area contributed by atoms with Crippen LogP contribution in [0.3, 0.4) is 0 Å². The Morgan fingerprint density at radius 2 is 2.05 bits per heavy atom. The van der Waals surface area contributed by atoms with Crippen molar-refractivity contribution in [2.45, 2.75) is 38.8 Å². The van der Waals surface area contributed by atoms with Gasteiger partial charge in [-0.05, 0) is 44.2 Å². The minimum absolute atomic E-state index is 0.592. The van der Waals surface area contributed by atoms with E-state index in [1.807, 2.05) is 13.2 Å². The molecule has 1 unspecified atom stereocenters. The van der Waals surface area contributed by atoms with E-state index in [1.54, 1.807) is 0 Å². The molecule has 0 amide bonds. The van der Waals surface area contributed by atoms with Crippen LogP contribution < -0.4 is 10.2 Å². The molecule has 0 bridgehead atoms. The van der Waals surface area contributed by atoms with Gasteiger partial charge in [0.15, 0.2) is 0 Å². The van der Waals surface area contributed by atoms with Crippen molar-refractivity contribution in [2.24, 2.45) is 0 Å². The Kier molecular flexibility index (Phi) is 3.88. The van der Waals surface area contributed by atoms with Crippen LogP contribution in [0.4, 0.5) is 5.82 Å². The maximum absolute atomic E-state index is 4.79. The van der Waals surface area contributed by atoms with Crippen molar-refractivity contribution in [1.82, 2.24) is 10.3 Å². The lowest BCUT2D eigenvalue weighted by Gasteiger charge is -2.35. The summed E-state index contributed by atoms with van der Waals surface area (Å²) < 4.78 is 0. The molecule has 3 rings (SSSR count). The molecule has 1 aliphatic heterocycles. The number of rotatable bonds is 3. The second-order valence-electron chi connectivity index (χ2n) is 5.72. The van der Waals surface area contributed by atoms with E-state index in [0.29, 0.717) is 6.04 Å². The lowest BCUT2D eigenvalue weighted by Crippen LogP contribution is -2.38. The average molecular weight is 269 g/mol. The van der Waals surface area contributed by atoms with Crippen molar-refractivity contribution in [3.63, 3.8) is 0 Å². The van der Waals surface area contributed by atoms with Crippen LogP contribution in [0.1, 0.15) is 31.7 Å². The van der Waals surface area contributed by atoms with Gasteiger partial charge in [0.1, 0.15) is 5.82 Å². The Bertz CT molecular complexity index is 594. The molecule has 0 radical (unpaired) electrons. The fourth-order valence-corrected chi connectivity index (χ4v) is 3.21. The third-order valence-electron chi connectivity index (χ3n) is 4.30. The first-order valence-corrected chi connectivity index (χ1v) is 7.59. The van der Waals surface area contributed by atoms with Gasteiger partial charge in [0.05, 0.1) is 0 Å². The highest BCUT2D eigenvalue weighted by Gasteiger charge is 2.21. The number of pyridine rings is 1. The summed E-state index contributed by atoms with van der Waals surface area (Å²) in [7, 11) is 1.98. The van der Waals surface area contributed by atoms with E-state index in [1.165, 1.54) is 35.6 Å². The molecule has 1 aromatic carbocycles. The average Bonchev–Trinajstić information content (AvgIpc) is 2.49. The van der Waals surface area contributed by atoms with Crippen LogP contribution in [-0.4, -0.2) is 24.6 Å². The van der Waals surface area contributed by atoms with Crippen LogP contribution in [0.15, 0.2) is 30.5 Å². The van der Waals surface area contributed by atoms with Gasteiger partial charge >= 0.3 is 0 Å². The van der Waals surface area contributed by atoms with Crippen LogP contribution in [0.25, 0.3) is 10.8 Å². The highest BCUT2D eigenvalue weighted by Crippen LogP contribution is 2.31. The van der Waals surface area contributed by atoms with E-state index in [-0.39, 0.29) is 0 Å². The van der Waals surface area contributed by atoms with E-state index in [2.05, 4.69) is 41.4 Å². The topological polar surface area (TPSA) is 28.2 Å². The zero-order valence-corrected chi connectivity index (χ0v) is 12.4. The Hall–Kier alpha value is -1.61. The van der Waals surface area contributed by atoms with Crippen LogP contribution in [0, 0.1) is 0 Å². The molecule has 2 heterocycles. The number of nitrogens with zero attached hydrogens (tertiary/aromatic N) is 2. The molecule has 20 heavy (non-hydrogen) atoms. The van der Waals surface area contributed by atoms with Crippen molar-refractivity contribution < 1.29 is 0 Å². The van der Waals surface area contributed by atoms with E-state index in [0.717, 1.165) is 18.9 Å². The molecule has 106 valence electrons. The summed E-state index contributed by atoms with van der Waals surface area (Å²) in [6.07, 6.45) is 5.93. The SMILES string of the molecule is CNCc1cnc(N2CCCCC2C)c2ccccc12. The van der Waals surface area contributed by atoms with Crippen molar-refractivity contribution in [3.8, 4) is 0 Å². The Labute approximate surface area is 121 Å². The Morgan fingerprint density at radius 1 is 1.25 bits per heavy atom. The molecule has 1 atom stereocenters. The molecule has 0 aliphatic carbocycles. The van der Waals surface area contributed by atoms with Gasteiger partial charge in [-0.1, -0.05) is 24.3 Å². The fraction of sp³-hybridized carbons (Fsp3) is 0.471. The third kappa shape index (κ3) is 2.38. The molecule has 1 N–H and O–H groups in total. The van der Waals surface area contributed by atoms with Gasteiger partial charge in [-0.3, -0.25) is 0 Å². The molecule has 1 aromatic heterocycles. The van der Waals surface area contributed by atoms with Crippen LogP contribution in [-0.2, 0) is 6.54 Å². The molecule has 1 fully saturated rings. The molecule has 3 nitrogen and oxygen atoms in total. The standard InChI is InChI=1S/C17H23N3/c1-13-7-5-6-10-20(13)17-16-9-4-3-8-15(16)14(11-18-2)12-19-17/h3-4,8-9,12-13,18H,5-7,10-11H2,1-2H3. The predicted octanol–water partition coefficient (Wildman–Crippen LogP) is 3.33. The summed E-state index contributed by atoms with van der Waals surface area (Å²) in [6, 6.07) is 9.24. The van der Waals surface area contributed by atoms with Gasteiger partial charge in [-0.15, -0.1) is 0 Å². The molecular weight excluding hydrogens is 246 g/mol. The third-order valence-corrected chi connectivity index (χ3v) is 4.30. The lowest BCUT2D eigenvalue weighted by molar-refractivity contribution is 0.482. The van der Waals surface area contributed by atoms with Crippen molar-refractivity contribution in [2.75, 3.05) is 18.5 Å². The molecule has 0 spiro atoms. The van der Waals surface area contributed by atoms with E-state index in [9.17, 15) is 0 Å². The maximum Gasteiger partial charge on any atom is 0.136 e. The van der Waals surface area contributed by atoms with Gasteiger partial charge in [0.25, 0.3) is 0 Å². The fourth-order valence-electron chi connectivity index (χ4n) is 3.21. The molecule has 3 heteroatoms. The van der Waals surface area contributed by atoms with Gasteiger partial charge in [-0.25, -0.2) is 4.98 Å². The second kappa shape index (κ2) is 5.80. The molecule has 1 aliphatic rings. The number of benzene rings is 1. The summed E-state index contributed by atoms with van der Waals surface area (Å²) in [5.74, 6) is 1.16. The smallest absolute Gasteiger partial charge is 0.136 e. The number of hydrogen-bond acceptors (Lipinski definition) is 3. The first-order valence-electron chi connectivity index (χ1n) is 7.59. The van der Waals surface area contributed by atoms with E-state index in [4.69, 9.17) is 4.98 Å². The minimum Gasteiger partial charge on any atom is -0.353 e. The first-order chi connectivity index (χ1) is 9.81. The van der Waals surface area contributed by atoms with Gasteiger partial charge in [-0.2, -0.15) is 0 Å². The first kappa shape index (κ1) is 13.4. The predicted molar refractivity (Wildman–Crippen MR) is 85.2 cm³/mol. The van der Waals surface area contributed by atoms with Crippen molar-refractivity contribution >= 4 is 16.6 Å². The van der Waals surface area contributed by atoms with Crippen LogP contribution in [0.5, 0.6) is 0 Å². The van der Waals surface area contributed by atoms with Crippen molar-refractivity contribution in [1.29, 1.82) is 0 Å².